The monoisotopic (exact) mass is 498 g/mol. The van der Waals surface area contributed by atoms with Crippen molar-refractivity contribution in [3.05, 3.63) is 29.5 Å². The third-order valence-electron chi connectivity index (χ3n) is 7.08. The maximum atomic E-state index is 12.6. The lowest BCUT2D eigenvalue weighted by molar-refractivity contribution is -0.138. The van der Waals surface area contributed by atoms with Crippen LogP contribution in [0.25, 0.3) is 21.6 Å². The zero-order chi connectivity index (χ0) is 24.7. The van der Waals surface area contributed by atoms with Crippen molar-refractivity contribution in [2.75, 3.05) is 38.6 Å². The van der Waals surface area contributed by atoms with E-state index in [1.54, 1.807) is 24.3 Å². The van der Waals surface area contributed by atoms with Gasteiger partial charge in [-0.1, -0.05) is 0 Å². The molecule has 0 spiro atoms. The topological polar surface area (TPSA) is 135 Å². The second-order valence-electron chi connectivity index (χ2n) is 9.52. The number of aromatic amines is 1. The molecule has 3 aromatic rings. The number of aliphatic hydroxyl groups is 2. The largest absolute Gasteiger partial charge is 0.395 e. The number of hydrogen-bond donors (Lipinski definition) is 4. The van der Waals surface area contributed by atoms with Gasteiger partial charge in [0.05, 0.1) is 24.1 Å². The molecule has 1 aliphatic heterocycles. The van der Waals surface area contributed by atoms with Crippen LogP contribution in [0.15, 0.2) is 24.7 Å². The fraction of sp³-hybridized carbons (Fsp3) is 0.500. The van der Waals surface area contributed by atoms with Crippen LogP contribution < -0.4 is 5.32 Å². The van der Waals surface area contributed by atoms with Gasteiger partial charge in [0.2, 0.25) is 0 Å². The van der Waals surface area contributed by atoms with E-state index in [1.165, 1.54) is 23.2 Å². The summed E-state index contributed by atoms with van der Waals surface area (Å²) >= 11 is 1.31. The minimum absolute atomic E-state index is 0.0929. The van der Waals surface area contributed by atoms with E-state index in [1.807, 2.05) is 12.3 Å². The van der Waals surface area contributed by atoms with Crippen molar-refractivity contribution in [2.24, 2.45) is 11.8 Å². The van der Waals surface area contributed by atoms with Gasteiger partial charge in [0.25, 0.3) is 11.8 Å². The predicted molar refractivity (Wildman–Crippen MR) is 133 cm³/mol. The number of nitrogens with one attached hydrogen (secondary N) is 2. The predicted octanol–water partition coefficient (Wildman–Crippen LogP) is 1.78. The van der Waals surface area contributed by atoms with Gasteiger partial charge in [-0.2, -0.15) is 0 Å². The summed E-state index contributed by atoms with van der Waals surface area (Å²) in [6, 6.07) is 2.23. The molecule has 11 heteroatoms. The van der Waals surface area contributed by atoms with E-state index >= 15 is 0 Å². The highest BCUT2D eigenvalue weighted by atomic mass is 32.1. The van der Waals surface area contributed by atoms with Crippen LogP contribution in [0.1, 0.15) is 29.4 Å². The average Bonchev–Trinajstić information content (AvgIpc) is 3.61. The number of pyridine rings is 1. The van der Waals surface area contributed by atoms with Crippen LogP contribution in [0.5, 0.6) is 0 Å². The van der Waals surface area contributed by atoms with E-state index in [-0.39, 0.29) is 31.0 Å². The quantitative estimate of drug-likeness (QED) is 0.390. The molecule has 4 N–H and O–H groups in total. The number of hydrogen-bond acceptors (Lipinski definition) is 8. The fourth-order valence-electron chi connectivity index (χ4n) is 5.33. The Bertz CT molecular complexity index is 1230. The van der Waals surface area contributed by atoms with Crippen molar-refractivity contribution in [1.82, 2.24) is 24.8 Å². The first-order chi connectivity index (χ1) is 16.9. The number of H-pyrrole nitrogens is 1. The van der Waals surface area contributed by atoms with Crippen LogP contribution in [-0.4, -0.2) is 92.2 Å². The molecule has 1 aliphatic carbocycles. The number of nitrogens with zero attached hydrogens (tertiary/aromatic N) is 4. The van der Waals surface area contributed by atoms with E-state index in [4.69, 9.17) is 5.11 Å². The lowest BCUT2D eigenvalue weighted by Gasteiger charge is -2.22. The van der Waals surface area contributed by atoms with Crippen molar-refractivity contribution in [2.45, 2.75) is 31.9 Å². The second kappa shape index (κ2) is 9.56. The highest BCUT2D eigenvalue weighted by Gasteiger charge is 2.43. The summed E-state index contributed by atoms with van der Waals surface area (Å²) in [5, 5.41) is 24.2. The lowest BCUT2D eigenvalue weighted by Crippen LogP contribution is -2.37. The fourth-order valence-corrected chi connectivity index (χ4v) is 6.26. The van der Waals surface area contributed by atoms with Crippen molar-refractivity contribution in [1.29, 1.82) is 0 Å². The first-order valence-corrected chi connectivity index (χ1v) is 12.7. The van der Waals surface area contributed by atoms with Crippen LogP contribution in [0, 0.1) is 11.8 Å². The van der Waals surface area contributed by atoms with Gasteiger partial charge in [-0.05, 0) is 37.7 Å². The SMILES string of the molecule is C[C@H](O)C(=O)N1C[C@H]2CC(Nc3c(-c4ncc(C(=O)N(C)CCO)s4)cnc4[nH]ccc34)C[C@H]2C1. The van der Waals surface area contributed by atoms with E-state index in [2.05, 4.69) is 20.3 Å². The van der Waals surface area contributed by atoms with Crippen molar-refractivity contribution in [3.63, 3.8) is 0 Å². The van der Waals surface area contributed by atoms with Gasteiger partial charge in [0.1, 0.15) is 21.6 Å². The zero-order valence-corrected chi connectivity index (χ0v) is 20.6. The summed E-state index contributed by atoms with van der Waals surface area (Å²) in [5.74, 6) is 0.461. The minimum Gasteiger partial charge on any atom is -0.395 e. The molecule has 35 heavy (non-hydrogen) atoms. The van der Waals surface area contributed by atoms with Crippen LogP contribution in [0.3, 0.4) is 0 Å². The van der Waals surface area contributed by atoms with Gasteiger partial charge in [-0.3, -0.25) is 9.59 Å². The van der Waals surface area contributed by atoms with E-state index in [0.29, 0.717) is 34.8 Å². The Hall–Kier alpha value is -3.02. The Morgan fingerprint density at radius 2 is 2.03 bits per heavy atom. The highest BCUT2D eigenvalue weighted by Crippen LogP contribution is 2.42. The molecule has 3 aromatic heterocycles. The standard InChI is InChI=1S/C24H30N6O4S/c1-13(32)23(33)30-11-14-7-16(8-15(14)12-30)28-20-17-3-4-25-21(17)26-9-18(20)22-27-10-19(35-22)24(34)29(2)5-6-31/h3-4,9-10,13-16,31-32H,5-8,11-12H2,1-2H3,(H2,25,26,28)/t13-,14-,15+,16?/m0/s1. The lowest BCUT2D eigenvalue weighted by atomic mass is 10.0. The van der Waals surface area contributed by atoms with Crippen LogP contribution >= 0.6 is 11.3 Å². The zero-order valence-electron chi connectivity index (χ0n) is 19.8. The molecule has 10 nitrogen and oxygen atoms in total. The molecule has 4 atom stereocenters. The molecule has 2 aliphatic rings. The summed E-state index contributed by atoms with van der Waals surface area (Å²) in [7, 11) is 1.66. The van der Waals surface area contributed by atoms with Gasteiger partial charge >= 0.3 is 0 Å². The highest BCUT2D eigenvalue weighted by molar-refractivity contribution is 7.17. The van der Waals surface area contributed by atoms with Gasteiger partial charge in [0, 0.05) is 50.5 Å². The van der Waals surface area contributed by atoms with Crippen LogP contribution in [0.4, 0.5) is 5.69 Å². The number of likely N-dealkylation sites (tertiary alicyclic amines) is 1. The number of carbonyl (C=O) groups is 2. The van der Waals surface area contributed by atoms with Crippen LogP contribution in [0.2, 0.25) is 0 Å². The molecular weight excluding hydrogens is 468 g/mol. The normalized spacial score (nSPS) is 22.4. The van der Waals surface area contributed by atoms with Crippen LogP contribution in [-0.2, 0) is 4.79 Å². The Labute approximate surface area is 207 Å². The average molecular weight is 499 g/mol. The minimum atomic E-state index is -0.956. The number of likely N-dealkylation sites (N-methyl/N-ethyl adjacent to an activating group) is 1. The van der Waals surface area contributed by atoms with Gasteiger partial charge in [0.15, 0.2) is 0 Å². The number of carbonyl (C=O) groups excluding carboxylic acids is 2. The number of fused-ring (bicyclic) bond motifs is 2. The van der Waals surface area contributed by atoms with Gasteiger partial charge < -0.3 is 30.3 Å². The van der Waals surface area contributed by atoms with Gasteiger partial charge in [-0.15, -0.1) is 11.3 Å². The molecule has 0 bridgehead atoms. The number of aromatic nitrogens is 3. The first kappa shape index (κ1) is 23.7. The first-order valence-electron chi connectivity index (χ1n) is 11.9. The van der Waals surface area contributed by atoms with E-state index < -0.39 is 6.10 Å². The molecule has 1 saturated carbocycles. The molecule has 0 radical (unpaired) electrons. The van der Waals surface area contributed by atoms with Crippen molar-refractivity contribution in [3.8, 4) is 10.6 Å². The summed E-state index contributed by atoms with van der Waals surface area (Å²) in [6.45, 7) is 3.07. The summed E-state index contributed by atoms with van der Waals surface area (Å²) in [5.41, 5.74) is 2.56. The molecule has 186 valence electrons. The summed E-state index contributed by atoms with van der Waals surface area (Å²) in [6.07, 6.45) is 6.14. The van der Waals surface area contributed by atoms with E-state index in [0.717, 1.165) is 35.1 Å². The molecule has 1 unspecified atom stereocenters. The number of amides is 2. The summed E-state index contributed by atoms with van der Waals surface area (Å²) in [4.78, 5) is 40.9. The number of rotatable bonds is 7. The molecule has 2 amide bonds. The maximum Gasteiger partial charge on any atom is 0.265 e. The number of anilines is 1. The number of thiazole rings is 1. The Balaban J connectivity index is 1.37. The third-order valence-corrected chi connectivity index (χ3v) is 8.10. The Morgan fingerprint density at radius 1 is 1.29 bits per heavy atom. The maximum absolute atomic E-state index is 12.6. The molecule has 1 saturated heterocycles. The summed E-state index contributed by atoms with van der Waals surface area (Å²) < 4.78 is 0. The van der Waals surface area contributed by atoms with Gasteiger partial charge in [-0.25, -0.2) is 9.97 Å². The van der Waals surface area contributed by atoms with E-state index in [9.17, 15) is 14.7 Å². The molecular formula is C24H30N6O4S. The number of aliphatic hydroxyl groups excluding tert-OH is 2. The molecule has 0 aromatic carbocycles. The Morgan fingerprint density at radius 3 is 2.71 bits per heavy atom. The molecule has 5 rings (SSSR count). The second-order valence-corrected chi connectivity index (χ2v) is 10.5. The molecule has 2 fully saturated rings. The third kappa shape index (κ3) is 4.51. The molecule has 4 heterocycles. The van der Waals surface area contributed by atoms with Crippen molar-refractivity contribution >= 4 is 39.9 Å². The Kier molecular flexibility index (Phi) is 6.47. The smallest absolute Gasteiger partial charge is 0.265 e. The van der Waals surface area contributed by atoms with Crippen molar-refractivity contribution < 1.29 is 19.8 Å².